The van der Waals surface area contributed by atoms with Crippen LogP contribution in [0.3, 0.4) is 0 Å². The first-order valence-corrected chi connectivity index (χ1v) is 7.17. The second-order valence-electron chi connectivity index (χ2n) is 5.63. The van der Waals surface area contributed by atoms with Crippen LogP contribution in [0.1, 0.15) is 31.4 Å². The number of rotatable bonds is 5. The van der Waals surface area contributed by atoms with Gasteiger partial charge in [0.15, 0.2) is 0 Å². The van der Waals surface area contributed by atoms with E-state index in [0.717, 1.165) is 11.3 Å². The van der Waals surface area contributed by atoms with Gasteiger partial charge < -0.3 is 10.4 Å². The zero-order valence-electron chi connectivity index (χ0n) is 12.2. The third kappa shape index (κ3) is 2.47. The van der Waals surface area contributed by atoms with Crippen LogP contribution in [0.4, 0.5) is 0 Å². The number of nitrogens with one attached hydrogen (secondary N) is 1. The van der Waals surface area contributed by atoms with Gasteiger partial charge in [-0.25, -0.2) is 4.68 Å². The number of carboxylic acid groups (broad SMARTS) is 1. The Labute approximate surface area is 127 Å². The Bertz CT molecular complexity index is 705. The average Bonchev–Trinajstić information content (AvgIpc) is 3.16. The lowest BCUT2D eigenvalue weighted by atomic mass is 10.0. The molecule has 2 aromatic rings. The molecule has 1 aromatic heterocycles. The molecule has 0 saturated heterocycles. The van der Waals surface area contributed by atoms with Crippen molar-refractivity contribution in [2.24, 2.45) is 5.41 Å². The summed E-state index contributed by atoms with van der Waals surface area (Å²) >= 11 is 0. The van der Waals surface area contributed by atoms with Crippen LogP contribution in [0.5, 0.6) is 0 Å². The molecule has 1 aliphatic rings. The van der Waals surface area contributed by atoms with E-state index in [0.29, 0.717) is 12.8 Å². The number of hydrogen-bond donors (Lipinski definition) is 2. The van der Waals surface area contributed by atoms with Crippen LogP contribution in [-0.4, -0.2) is 26.8 Å². The Hall–Kier alpha value is -2.63. The van der Waals surface area contributed by atoms with E-state index in [1.54, 1.807) is 10.9 Å². The molecule has 1 saturated carbocycles. The number of benzene rings is 1. The number of carbonyl (C=O) groups excluding carboxylic acids is 1. The van der Waals surface area contributed by atoms with Crippen LogP contribution in [0.2, 0.25) is 0 Å². The van der Waals surface area contributed by atoms with Gasteiger partial charge in [-0.2, -0.15) is 5.10 Å². The molecule has 0 bridgehead atoms. The van der Waals surface area contributed by atoms with Crippen molar-refractivity contribution in [3.05, 3.63) is 48.3 Å². The lowest BCUT2D eigenvalue weighted by Crippen LogP contribution is -2.38. The summed E-state index contributed by atoms with van der Waals surface area (Å²) in [4.78, 5) is 23.3. The summed E-state index contributed by atoms with van der Waals surface area (Å²) in [6, 6.07) is 9.21. The van der Waals surface area contributed by atoms with Crippen molar-refractivity contribution in [2.45, 2.75) is 25.8 Å². The molecule has 0 unspecified atom stereocenters. The van der Waals surface area contributed by atoms with Crippen LogP contribution in [-0.2, 0) is 9.59 Å². The standard InChI is InChI=1S/C16H17N3O3/c1-11(18-14(20)16(6-7-16)15(21)22)12-4-2-5-13(10-12)19-9-3-8-17-19/h2-5,8-11H,6-7H2,1H3,(H,18,20)(H,21,22)/t11-/m1/s1. The highest BCUT2D eigenvalue weighted by molar-refractivity contribution is 6.04. The highest BCUT2D eigenvalue weighted by Gasteiger charge is 2.57. The van der Waals surface area contributed by atoms with Gasteiger partial charge in [0, 0.05) is 12.4 Å². The van der Waals surface area contributed by atoms with Gasteiger partial charge in [0.05, 0.1) is 11.7 Å². The highest BCUT2D eigenvalue weighted by Crippen LogP contribution is 2.46. The molecule has 1 aromatic carbocycles. The normalized spacial score (nSPS) is 16.8. The van der Waals surface area contributed by atoms with E-state index in [-0.39, 0.29) is 6.04 Å². The number of amides is 1. The van der Waals surface area contributed by atoms with Crippen molar-refractivity contribution in [3.8, 4) is 5.69 Å². The number of nitrogens with zero attached hydrogens (tertiary/aromatic N) is 2. The Kier molecular flexibility index (Phi) is 3.44. The molecule has 1 fully saturated rings. The average molecular weight is 299 g/mol. The molecule has 1 amide bonds. The maximum atomic E-state index is 12.2. The van der Waals surface area contributed by atoms with Gasteiger partial charge in [-0.05, 0) is 43.5 Å². The summed E-state index contributed by atoms with van der Waals surface area (Å²) in [6.07, 6.45) is 4.36. The molecular formula is C16H17N3O3. The molecule has 6 nitrogen and oxygen atoms in total. The van der Waals surface area contributed by atoms with Crippen LogP contribution in [0.25, 0.3) is 5.69 Å². The summed E-state index contributed by atoms with van der Waals surface area (Å²) in [7, 11) is 0. The first-order chi connectivity index (χ1) is 10.5. The zero-order chi connectivity index (χ0) is 15.7. The summed E-state index contributed by atoms with van der Waals surface area (Å²) in [5.74, 6) is -1.44. The van der Waals surface area contributed by atoms with Gasteiger partial charge in [0.25, 0.3) is 0 Å². The summed E-state index contributed by atoms with van der Waals surface area (Å²) in [5.41, 5.74) is 0.582. The monoisotopic (exact) mass is 299 g/mol. The number of carboxylic acids is 1. The quantitative estimate of drug-likeness (QED) is 0.826. The van der Waals surface area contributed by atoms with Crippen molar-refractivity contribution in [1.82, 2.24) is 15.1 Å². The largest absolute Gasteiger partial charge is 0.480 e. The fourth-order valence-electron chi connectivity index (χ4n) is 2.44. The van der Waals surface area contributed by atoms with Crippen LogP contribution in [0, 0.1) is 5.41 Å². The third-order valence-electron chi connectivity index (χ3n) is 4.08. The van der Waals surface area contributed by atoms with E-state index in [1.807, 2.05) is 43.5 Å². The zero-order valence-corrected chi connectivity index (χ0v) is 12.2. The molecule has 0 spiro atoms. The minimum Gasteiger partial charge on any atom is -0.480 e. The van der Waals surface area contributed by atoms with Gasteiger partial charge in [0.1, 0.15) is 5.41 Å². The molecule has 1 atom stereocenters. The van der Waals surface area contributed by atoms with E-state index < -0.39 is 17.3 Å². The van der Waals surface area contributed by atoms with Crippen LogP contribution >= 0.6 is 0 Å². The predicted octanol–water partition coefficient (Wildman–Crippen LogP) is 1.91. The number of aromatic nitrogens is 2. The minimum atomic E-state index is -1.21. The Morgan fingerprint density at radius 3 is 2.73 bits per heavy atom. The summed E-state index contributed by atoms with van der Waals surface area (Å²) < 4.78 is 1.73. The van der Waals surface area contributed by atoms with E-state index >= 15 is 0 Å². The second kappa shape index (κ2) is 5.29. The molecule has 22 heavy (non-hydrogen) atoms. The molecule has 0 radical (unpaired) electrons. The van der Waals surface area contributed by atoms with E-state index in [9.17, 15) is 9.59 Å². The van der Waals surface area contributed by atoms with Crippen molar-refractivity contribution < 1.29 is 14.7 Å². The van der Waals surface area contributed by atoms with E-state index in [1.165, 1.54) is 0 Å². The lowest BCUT2D eigenvalue weighted by Gasteiger charge is -2.18. The van der Waals surface area contributed by atoms with Crippen LogP contribution in [0.15, 0.2) is 42.7 Å². The SMILES string of the molecule is C[C@@H](NC(=O)C1(C(=O)O)CC1)c1cccc(-n2cccn2)c1. The maximum absolute atomic E-state index is 12.2. The van der Waals surface area contributed by atoms with Gasteiger partial charge in [-0.3, -0.25) is 9.59 Å². The Balaban J connectivity index is 1.76. The van der Waals surface area contributed by atoms with Gasteiger partial charge in [-0.15, -0.1) is 0 Å². The van der Waals surface area contributed by atoms with Gasteiger partial charge in [-0.1, -0.05) is 12.1 Å². The van der Waals surface area contributed by atoms with Crippen molar-refractivity contribution in [2.75, 3.05) is 0 Å². The molecule has 0 aliphatic heterocycles. The molecule has 2 N–H and O–H groups in total. The van der Waals surface area contributed by atoms with Gasteiger partial charge in [0.2, 0.25) is 5.91 Å². The fourth-order valence-corrected chi connectivity index (χ4v) is 2.44. The topological polar surface area (TPSA) is 84.2 Å². The molecule has 3 rings (SSSR count). The summed E-state index contributed by atoms with van der Waals surface area (Å²) in [6.45, 7) is 1.85. The number of aliphatic carboxylic acids is 1. The molecule has 1 heterocycles. The minimum absolute atomic E-state index is 0.264. The Morgan fingerprint density at radius 2 is 2.14 bits per heavy atom. The predicted molar refractivity (Wildman–Crippen MR) is 79.4 cm³/mol. The summed E-state index contributed by atoms with van der Waals surface area (Å²) in [5, 5.41) is 16.1. The van der Waals surface area contributed by atoms with Gasteiger partial charge >= 0.3 is 5.97 Å². The van der Waals surface area contributed by atoms with E-state index in [2.05, 4.69) is 10.4 Å². The van der Waals surface area contributed by atoms with Crippen LogP contribution < -0.4 is 5.32 Å². The van der Waals surface area contributed by atoms with Crippen molar-refractivity contribution in [3.63, 3.8) is 0 Å². The Morgan fingerprint density at radius 1 is 1.36 bits per heavy atom. The third-order valence-corrected chi connectivity index (χ3v) is 4.08. The first kappa shape index (κ1) is 14.3. The number of hydrogen-bond acceptors (Lipinski definition) is 3. The second-order valence-corrected chi connectivity index (χ2v) is 5.63. The fraction of sp³-hybridized carbons (Fsp3) is 0.312. The van der Waals surface area contributed by atoms with Crippen molar-refractivity contribution >= 4 is 11.9 Å². The molecular weight excluding hydrogens is 282 g/mol. The first-order valence-electron chi connectivity index (χ1n) is 7.17. The molecule has 6 heteroatoms. The smallest absolute Gasteiger partial charge is 0.319 e. The molecule has 114 valence electrons. The van der Waals surface area contributed by atoms with E-state index in [4.69, 9.17) is 5.11 Å². The number of carbonyl (C=O) groups is 2. The lowest BCUT2D eigenvalue weighted by molar-refractivity contribution is -0.149. The molecule has 1 aliphatic carbocycles. The highest BCUT2D eigenvalue weighted by atomic mass is 16.4. The van der Waals surface area contributed by atoms with Crippen molar-refractivity contribution in [1.29, 1.82) is 0 Å². The maximum Gasteiger partial charge on any atom is 0.319 e.